The molecule has 1 aromatic rings. The molecule has 0 amide bonds. The molecule has 0 saturated heterocycles. The van der Waals surface area contributed by atoms with Gasteiger partial charge >= 0.3 is 0 Å². The van der Waals surface area contributed by atoms with E-state index in [0.29, 0.717) is 11.6 Å². The molecule has 0 radical (unpaired) electrons. The topological polar surface area (TPSA) is 37.8 Å². The summed E-state index contributed by atoms with van der Waals surface area (Å²) < 4.78 is 0. The van der Waals surface area contributed by atoms with Crippen LogP contribution in [-0.2, 0) is 0 Å². The van der Waals surface area contributed by atoms with E-state index in [-0.39, 0.29) is 12.0 Å². The van der Waals surface area contributed by atoms with Gasteiger partial charge in [0.1, 0.15) is 16.8 Å². The maximum absolute atomic E-state index is 5.92. The van der Waals surface area contributed by atoms with Crippen molar-refractivity contribution in [1.82, 2.24) is 9.97 Å². The molecule has 1 aromatic heterocycles. The first kappa shape index (κ1) is 12.8. The molecule has 1 rings (SSSR count). The Morgan fingerprint density at radius 3 is 2.69 bits per heavy atom. The van der Waals surface area contributed by atoms with Crippen LogP contribution in [-0.4, -0.2) is 16.0 Å². The highest BCUT2D eigenvalue weighted by molar-refractivity contribution is 6.29. The summed E-state index contributed by atoms with van der Waals surface area (Å²) in [4.78, 5) is 8.54. The molecule has 4 heteroatoms. The molecule has 16 heavy (non-hydrogen) atoms. The Kier molecular flexibility index (Phi) is 4.57. The number of nitrogens with zero attached hydrogens (tertiary/aromatic N) is 2. The maximum Gasteiger partial charge on any atom is 0.135 e. The molecule has 1 unspecified atom stereocenters. The van der Waals surface area contributed by atoms with E-state index in [2.05, 4.69) is 21.2 Å². The first-order valence-corrected chi connectivity index (χ1v) is 5.65. The second-order valence-corrected chi connectivity index (χ2v) is 4.43. The normalized spacial score (nSPS) is 12.2. The zero-order valence-corrected chi connectivity index (χ0v) is 10.5. The number of hydrogen-bond acceptors (Lipinski definition) is 3. The molecular formula is C12H16ClN3. The minimum absolute atomic E-state index is 0.177. The molecule has 0 aromatic carbocycles. The Balaban J connectivity index is 2.85. The molecule has 1 N–H and O–H groups in total. The number of anilines is 1. The SMILES string of the molecule is C#CCC(C)Nc1cc(Cl)nc(C(C)C)n1. The molecule has 3 nitrogen and oxygen atoms in total. The predicted molar refractivity (Wildman–Crippen MR) is 67.7 cm³/mol. The van der Waals surface area contributed by atoms with E-state index in [1.54, 1.807) is 6.07 Å². The van der Waals surface area contributed by atoms with Gasteiger partial charge in [-0.2, -0.15) is 0 Å². The summed E-state index contributed by atoms with van der Waals surface area (Å²) in [5.74, 6) is 4.32. The van der Waals surface area contributed by atoms with Crippen molar-refractivity contribution < 1.29 is 0 Å². The van der Waals surface area contributed by atoms with Crippen LogP contribution >= 0.6 is 11.6 Å². The fraction of sp³-hybridized carbons (Fsp3) is 0.500. The summed E-state index contributed by atoms with van der Waals surface area (Å²) in [6, 6.07) is 1.89. The van der Waals surface area contributed by atoms with Gasteiger partial charge in [0.15, 0.2) is 0 Å². The Hall–Kier alpha value is -1.27. The Labute approximate surface area is 102 Å². The molecule has 86 valence electrons. The van der Waals surface area contributed by atoms with Gasteiger partial charge in [-0.25, -0.2) is 9.97 Å². The van der Waals surface area contributed by atoms with Crippen LogP contribution in [0.4, 0.5) is 5.82 Å². The fourth-order valence-electron chi connectivity index (χ4n) is 1.25. The van der Waals surface area contributed by atoms with Crippen LogP contribution < -0.4 is 5.32 Å². The summed E-state index contributed by atoms with van der Waals surface area (Å²) in [7, 11) is 0. The first-order chi connectivity index (χ1) is 7.52. The quantitative estimate of drug-likeness (QED) is 0.646. The van der Waals surface area contributed by atoms with Gasteiger partial charge in [-0.15, -0.1) is 12.3 Å². The average Bonchev–Trinajstić information content (AvgIpc) is 2.16. The van der Waals surface area contributed by atoms with Crippen LogP contribution in [0.3, 0.4) is 0 Å². The summed E-state index contributed by atoms with van der Waals surface area (Å²) >= 11 is 5.92. The molecule has 0 aliphatic carbocycles. The number of aromatic nitrogens is 2. The highest BCUT2D eigenvalue weighted by Crippen LogP contribution is 2.17. The number of terminal acetylenes is 1. The third kappa shape index (κ3) is 3.71. The van der Waals surface area contributed by atoms with Crippen LogP contribution in [0.2, 0.25) is 5.15 Å². The van der Waals surface area contributed by atoms with Crippen molar-refractivity contribution in [3.8, 4) is 12.3 Å². The second-order valence-electron chi connectivity index (χ2n) is 4.04. The lowest BCUT2D eigenvalue weighted by molar-refractivity contribution is 0.763. The van der Waals surface area contributed by atoms with Gasteiger partial charge in [0.25, 0.3) is 0 Å². The summed E-state index contributed by atoms with van der Waals surface area (Å²) in [6.45, 7) is 6.06. The van der Waals surface area contributed by atoms with E-state index in [1.165, 1.54) is 0 Å². The van der Waals surface area contributed by atoms with Crippen LogP contribution in [0.1, 0.15) is 38.9 Å². The third-order valence-corrected chi connectivity index (χ3v) is 2.24. The maximum atomic E-state index is 5.92. The van der Waals surface area contributed by atoms with E-state index in [9.17, 15) is 0 Å². The molecular weight excluding hydrogens is 222 g/mol. The fourth-order valence-corrected chi connectivity index (χ4v) is 1.44. The highest BCUT2D eigenvalue weighted by atomic mass is 35.5. The smallest absolute Gasteiger partial charge is 0.135 e. The van der Waals surface area contributed by atoms with Crippen LogP contribution in [0.25, 0.3) is 0 Å². The molecule has 1 heterocycles. The zero-order valence-electron chi connectivity index (χ0n) is 9.79. The van der Waals surface area contributed by atoms with E-state index in [4.69, 9.17) is 18.0 Å². The van der Waals surface area contributed by atoms with Gasteiger partial charge in [-0.3, -0.25) is 0 Å². The van der Waals surface area contributed by atoms with Gasteiger partial charge in [-0.05, 0) is 6.92 Å². The highest BCUT2D eigenvalue weighted by Gasteiger charge is 2.08. The van der Waals surface area contributed by atoms with E-state index >= 15 is 0 Å². The summed E-state index contributed by atoms with van der Waals surface area (Å²) in [5.41, 5.74) is 0. The van der Waals surface area contributed by atoms with Crippen molar-refractivity contribution in [2.45, 2.75) is 39.2 Å². The van der Waals surface area contributed by atoms with Crippen LogP contribution in [0.15, 0.2) is 6.07 Å². The van der Waals surface area contributed by atoms with Crippen molar-refractivity contribution in [3.05, 3.63) is 17.0 Å². The first-order valence-electron chi connectivity index (χ1n) is 5.27. The molecule has 0 saturated carbocycles. The summed E-state index contributed by atoms with van der Waals surface area (Å²) in [6.07, 6.45) is 5.89. The van der Waals surface area contributed by atoms with Crippen LogP contribution in [0, 0.1) is 12.3 Å². The lowest BCUT2D eigenvalue weighted by Gasteiger charge is -2.13. The lowest BCUT2D eigenvalue weighted by Crippen LogP contribution is -2.16. The standard InChI is InChI=1S/C12H16ClN3/c1-5-6-9(4)14-11-7-10(13)15-12(16-11)8(2)3/h1,7-9H,6H2,2-4H3,(H,14,15,16). The number of rotatable bonds is 4. The lowest BCUT2D eigenvalue weighted by atomic mass is 10.2. The number of nitrogens with one attached hydrogen (secondary N) is 1. The monoisotopic (exact) mass is 237 g/mol. The minimum Gasteiger partial charge on any atom is -0.367 e. The third-order valence-electron chi connectivity index (χ3n) is 2.05. The van der Waals surface area contributed by atoms with Gasteiger partial charge in [-0.1, -0.05) is 25.4 Å². The molecule has 0 spiro atoms. The molecule has 0 fully saturated rings. The van der Waals surface area contributed by atoms with E-state index in [0.717, 1.165) is 11.6 Å². The molecule has 0 bridgehead atoms. The largest absolute Gasteiger partial charge is 0.367 e. The number of hydrogen-bond donors (Lipinski definition) is 1. The molecule has 0 aliphatic rings. The van der Waals surface area contributed by atoms with Crippen LogP contribution in [0.5, 0.6) is 0 Å². The zero-order chi connectivity index (χ0) is 12.1. The van der Waals surface area contributed by atoms with Gasteiger partial charge in [0, 0.05) is 24.4 Å². The van der Waals surface area contributed by atoms with E-state index in [1.807, 2.05) is 20.8 Å². The molecule has 1 atom stereocenters. The molecule has 0 aliphatic heterocycles. The second kappa shape index (κ2) is 5.72. The van der Waals surface area contributed by atoms with Crippen molar-refractivity contribution in [3.63, 3.8) is 0 Å². The van der Waals surface area contributed by atoms with E-state index < -0.39 is 0 Å². The Morgan fingerprint density at radius 1 is 1.44 bits per heavy atom. The van der Waals surface area contributed by atoms with Gasteiger partial charge in [0.2, 0.25) is 0 Å². The van der Waals surface area contributed by atoms with Crippen molar-refractivity contribution in [1.29, 1.82) is 0 Å². The summed E-state index contributed by atoms with van der Waals surface area (Å²) in [5, 5.41) is 3.65. The Morgan fingerprint density at radius 2 is 2.12 bits per heavy atom. The van der Waals surface area contributed by atoms with Crippen molar-refractivity contribution in [2.24, 2.45) is 0 Å². The van der Waals surface area contributed by atoms with Crippen molar-refractivity contribution in [2.75, 3.05) is 5.32 Å². The van der Waals surface area contributed by atoms with Gasteiger partial charge in [0.05, 0.1) is 0 Å². The average molecular weight is 238 g/mol. The minimum atomic E-state index is 0.177. The van der Waals surface area contributed by atoms with Crippen molar-refractivity contribution >= 4 is 17.4 Å². The predicted octanol–water partition coefficient (Wildman–Crippen LogP) is 3.08. The number of halogens is 1. The Bertz CT molecular complexity index is 396. The van der Waals surface area contributed by atoms with Gasteiger partial charge < -0.3 is 5.32 Å².